The third-order valence-electron chi connectivity index (χ3n) is 4.27. The summed E-state index contributed by atoms with van der Waals surface area (Å²) in [6.07, 6.45) is 2.22. The van der Waals surface area contributed by atoms with E-state index in [0.29, 0.717) is 17.3 Å². The van der Waals surface area contributed by atoms with Crippen molar-refractivity contribution in [3.63, 3.8) is 0 Å². The van der Waals surface area contributed by atoms with Crippen LogP contribution in [0.5, 0.6) is 0 Å². The number of benzene rings is 1. The number of thioether (sulfide) groups is 1. The van der Waals surface area contributed by atoms with E-state index in [1.165, 1.54) is 11.8 Å². The molecule has 1 saturated carbocycles. The summed E-state index contributed by atoms with van der Waals surface area (Å²) in [7, 11) is 0. The Hall–Kier alpha value is -2.63. The molecular weight excluding hydrogens is 378 g/mol. The molecule has 0 bridgehead atoms. The Kier molecular flexibility index (Phi) is 4.97. The summed E-state index contributed by atoms with van der Waals surface area (Å²) in [5, 5.41) is 23.2. The predicted octanol–water partition coefficient (Wildman–Crippen LogP) is 4.33. The molecule has 8 heteroatoms. The van der Waals surface area contributed by atoms with Crippen LogP contribution in [0.25, 0.3) is 10.7 Å². The number of thiophene rings is 1. The van der Waals surface area contributed by atoms with Crippen LogP contribution in [0.4, 0.5) is 5.69 Å². The Bertz CT molecular complexity index is 1000. The quantitative estimate of drug-likeness (QED) is 0.628. The Morgan fingerprint density at radius 3 is 2.85 bits per heavy atom. The first kappa shape index (κ1) is 17.8. The molecule has 0 saturated heterocycles. The molecular formula is C19H17N5OS2. The second-order valence-corrected chi connectivity index (χ2v) is 8.55. The van der Waals surface area contributed by atoms with Crippen molar-refractivity contribution in [3.05, 3.63) is 47.3 Å². The molecule has 0 spiro atoms. The van der Waals surface area contributed by atoms with E-state index < -0.39 is 0 Å². The van der Waals surface area contributed by atoms with Crippen molar-refractivity contribution in [2.24, 2.45) is 0 Å². The van der Waals surface area contributed by atoms with Gasteiger partial charge >= 0.3 is 0 Å². The van der Waals surface area contributed by atoms with Crippen molar-refractivity contribution in [2.75, 3.05) is 5.32 Å². The van der Waals surface area contributed by atoms with Crippen LogP contribution in [-0.4, -0.2) is 25.9 Å². The molecule has 4 rings (SSSR count). The fourth-order valence-corrected chi connectivity index (χ4v) is 4.35. The minimum atomic E-state index is -0.366. The van der Waals surface area contributed by atoms with Crippen molar-refractivity contribution in [1.29, 1.82) is 5.26 Å². The average molecular weight is 396 g/mol. The number of nitriles is 1. The zero-order chi connectivity index (χ0) is 18.8. The van der Waals surface area contributed by atoms with Gasteiger partial charge in [-0.25, -0.2) is 0 Å². The summed E-state index contributed by atoms with van der Waals surface area (Å²) in [6, 6.07) is 13.5. The lowest BCUT2D eigenvalue weighted by Gasteiger charge is -2.13. The van der Waals surface area contributed by atoms with E-state index >= 15 is 0 Å². The second-order valence-electron chi connectivity index (χ2n) is 6.29. The zero-order valence-corrected chi connectivity index (χ0v) is 16.3. The van der Waals surface area contributed by atoms with Crippen LogP contribution in [-0.2, 0) is 4.79 Å². The molecule has 1 aromatic carbocycles. The highest BCUT2D eigenvalue weighted by atomic mass is 32.2. The number of rotatable bonds is 6. The molecule has 1 atom stereocenters. The van der Waals surface area contributed by atoms with Crippen molar-refractivity contribution in [1.82, 2.24) is 14.8 Å². The second kappa shape index (κ2) is 7.55. The Morgan fingerprint density at radius 2 is 2.15 bits per heavy atom. The van der Waals surface area contributed by atoms with Gasteiger partial charge in [-0.05, 0) is 43.3 Å². The number of carbonyl (C=O) groups is 1. The van der Waals surface area contributed by atoms with E-state index in [0.717, 1.165) is 28.7 Å². The maximum absolute atomic E-state index is 12.6. The monoisotopic (exact) mass is 395 g/mol. The van der Waals surface area contributed by atoms with E-state index in [1.807, 2.05) is 24.4 Å². The molecule has 1 N–H and O–H groups in total. The van der Waals surface area contributed by atoms with E-state index in [4.69, 9.17) is 0 Å². The van der Waals surface area contributed by atoms with Gasteiger partial charge in [-0.2, -0.15) is 5.26 Å². The van der Waals surface area contributed by atoms with Crippen molar-refractivity contribution < 1.29 is 4.79 Å². The Balaban J connectivity index is 1.52. The van der Waals surface area contributed by atoms with Crippen LogP contribution in [0.15, 0.2) is 46.9 Å². The van der Waals surface area contributed by atoms with Crippen LogP contribution >= 0.6 is 23.1 Å². The van der Waals surface area contributed by atoms with Crippen LogP contribution in [0.1, 0.15) is 31.4 Å². The number of hydrogen-bond acceptors (Lipinski definition) is 6. The first-order valence-corrected chi connectivity index (χ1v) is 10.4. The van der Waals surface area contributed by atoms with E-state index in [9.17, 15) is 10.1 Å². The van der Waals surface area contributed by atoms with Gasteiger partial charge in [-0.15, -0.1) is 21.5 Å². The smallest absolute Gasteiger partial charge is 0.237 e. The predicted molar refractivity (Wildman–Crippen MR) is 107 cm³/mol. The molecule has 6 nitrogen and oxygen atoms in total. The fourth-order valence-electron chi connectivity index (χ4n) is 2.73. The molecule has 2 heterocycles. The lowest BCUT2D eigenvalue weighted by Crippen LogP contribution is -2.23. The molecule has 0 radical (unpaired) electrons. The first-order chi connectivity index (χ1) is 13.2. The van der Waals surface area contributed by atoms with Gasteiger partial charge in [0.15, 0.2) is 11.0 Å². The third-order valence-corrected chi connectivity index (χ3v) is 6.20. The third kappa shape index (κ3) is 3.75. The Labute approximate surface area is 165 Å². The van der Waals surface area contributed by atoms with Gasteiger partial charge in [0.05, 0.1) is 21.4 Å². The van der Waals surface area contributed by atoms with E-state index in [2.05, 4.69) is 26.2 Å². The molecule has 0 aliphatic heterocycles. The summed E-state index contributed by atoms with van der Waals surface area (Å²) in [4.78, 5) is 13.7. The van der Waals surface area contributed by atoms with E-state index in [1.54, 1.807) is 35.6 Å². The maximum atomic E-state index is 12.6. The van der Waals surface area contributed by atoms with Gasteiger partial charge < -0.3 is 5.32 Å². The van der Waals surface area contributed by atoms with Gasteiger partial charge in [0.1, 0.15) is 6.07 Å². The maximum Gasteiger partial charge on any atom is 0.237 e. The molecule has 136 valence electrons. The number of carbonyl (C=O) groups excluding carboxylic acids is 1. The lowest BCUT2D eigenvalue weighted by atomic mass is 10.2. The minimum Gasteiger partial charge on any atom is -0.324 e. The summed E-state index contributed by atoms with van der Waals surface area (Å²) >= 11 is 3.03. The summed E-state index contributed by atoms with van der Waals surface area (Å²) in [6.45, 7) is 1.84. The molecule has 1 amide bonds. The van der Waals surface area contributed by atoms with Gasteiger partial charge in [0.25, 0.3) is 0 Å². The van der Waals surface area contributed by atoms with E-state index in [-0.39, 0.29) is 11.2 Å². The number of amides is 1. The Morgan fingerprint density at radius 1 is 1.33 bits per heavy atom. The van der Waals surface area contributed by atoms with Gasteiger partial charge in [0, 0.05) is 6.04 Å². The summed E-state index contributed by atoms with van der Waals surface area (Å²) in [5.41, 5.74) is 0.976. The molecule has 2 aromatic heterocycles. The number of para-hydroxylation sites is 1. The van der Waals surface area contributed by atoms with Gasteiger partial charge in [-0.1, -0.05) is 30.0 Å². The zero-order valence-electron chi connectivity index (χ0n) is 14.6. The SMILES string of the molecule is C[C@H](Sc1nnc(-c2cccs2)n1C1CC1)C(=O)Nc1ccccc1C#N. The number of nitrogens with one attached hydrogen (secondary N) is 1. The molecule has 0 unspecified atom stereocenters. The largest absolute Gasteiger partial charge is 0.324 e. The number of hydrogen-bond donors (Lipinski definition) is 1. The standard InChI is InChI=1S/C19H17N5OS2/c1-12(18(25)21-15-6-3-2-5-13(15)11-20)27-19-23-22-17(16-7-4-10-26-16)24(19)14-8-9-14/h2-7,10,12,14H,8-9H2,1H3,(H,21,25)/t12-/m0/s1. The topological polar surface area (TPSA) is 83.6 Å². The van der Waals surface area contributed by atoms with Crippen LogP contribution in [0, 0.1) is 11.3 Å². The van der Waals surface area contributed by atoms with Gasteiger partial charge in [0.2, 0.25) is 5.91 Å². The summed E-state index contributed by atoms with van der Waals surface area (Å²) < 4.78 is 2.16. The minimum absolute atomic E-state index is 0.161. The molecule has 27 heavy (non-hydrogen) atoms. The first-order valence-electron chi connectivity index (χ1n) is 8.63. The highest BCUT2D eigenvalue weighted by Crippen LogP contribution is 2.42. The number of aromatic nitrogens is 3. The van der Waals surface area contributed by atoms with Crippen LogP contribution in [0.3, 0.4) is 0 Å². The van der Waals surface area contributed by atoms with Crippen molar-refractivity contribution in [2.45, 2.75) is 36.2 Å². The fraction of sp³-hybridized carbons (Fsp3) is 0.263. The van der Waals surface area contributed by atoms with Gasteiger partial charge in [-0.3, -0.25) is 9.36 Å². The highest BCUT2D eigenvalue weighted by molar-refractivity contribution is 8.00. The highest BCUT2D eigenvalue weighted by Gasteiger charge is 2.31. The summed E-state index contributed by atoms with van der Waals surface area (Å²) in [5.74, 6) is 0.711. The molecule has 1 fully saturated rings. The van der Waals surface area contributed by atoms with Crippen LogP contribution in [0.2, 0.25) is 0 Å². The average Bonchev–Trinajstić information content (AvgIpc) is 3.20. The number of anilines is 1. The van der Waals surface area contributed by atoms with Crippen molar-refractivity contribution >= 4 is 34.7 Å². The molecule has 1 aliphatic rings. The normalized spacial score (nSPS) is 14.5. The molecule has 1 aliphatic carbocycles. The number of nitrogens with zero attached hydrogens (tertiary/aromatic N) is 4. The lowest BCUT2D eigenvalue weighted by molar-refractivity contribution is -0.115. The van der Waals surface area contributed by atoms with Crippen molar-refractivity contribution in [3.8, 4) is 16.8 Å². The molecule has 3 aromatic rings. The van der Waals surface area contributed by atoms with Crippen LogP contribution < -0.4 is 5.32 Å².